The van der Waals surface area contributed by atoms with Crippen molar-refractivity contribution in [2.75, 3.05) is 26.3 Å². The van der Waals surface area contributed by atoms with Crippen LogP contribution in [-0.4, -0.2) is 43.4 Å². The molecule has 1 aliphatic carbocycles. The molecule has 0 spiro atoms. The molecule has 3 atom stereocenters. The summed E-state index contributed by atoms with van der Waals surface area (Å²) in [5.74, 6) is 0.719. The third-order valence-corrected chi connectivity index (χ3v) is 6.01. The minimum Gasteiger partial charge on any atom is -0.379 e. The van der Waals surface area contributed by atoms with E-state index in [4.69, 9.17) is 9.72 Å². The molecule has 2 aliphatic rings. The molecule has 2 N–H and O–H groups in total. The fourth-order valence-corrected chi connectivity index (χ4v) is 4.74. The maximum atomic E-state index is 5.65. The molecule has 1 aromatic heterocycles. The first-order valence-corrected chi connectivity index (χ1v) is 9.91. The molecule has 2 heterocycles. The van der Waals surface area contributed by atoms with Crippen molar-refractivity contribution in [3.63, 3.8) is 0 Å². The highest BCUT2D eigenvalue weighted by molar-refractivity contribution is 7.09. The molecular formula is C18H31N3OS. The van der Waals surface area contributed by atoms with E-state index in [9.17, 15) is 0 Å². The van der Waals surface area contributed by atoms with Crippen molar-refractivity contribution in [2.45, 2.75) is 64.0 Å². The first-order chi connectivity index (χ1) is 11.0. The molecule has 0 radical (unpaired) electrons. The standard InChI is InChI=1S/C18H31N3OS/c1-18(2,3)16-12-23-17(21-16)7-8-19-14-6-4-5-13(14)15-11-22-10-9-20-15/h12-15,19-20H,4-11H2,1-3H3. The van der Waals surface area contributed by atoms with Gasteiger partial charge in [0, 0.05) is 42.4 Å². The van der Waals surface area contributed by atoms with E-state index >= 15 is 0 Å². The summed E-state index contributed by atoms with van der Waals surface area (Å²) in [5.41, 5.74) is 1.38. The summed E-state index contributed by atoms with van der Waals surface area (Å²) in [4.78, 5) is 4.80. The fourth-order valence-electron chi connectivity index (χ4n) is 3.72. The first kappa shape index (κ1) is 17.3. The van der Waals surface area contributed by atoms with Crippen LogP contribution in [0.15, 0.2) is 5.38 Å². The zero-order valence-electron chi connectivity index (χ0n) is 14.7. The van der Waals surface area contributed by atoms with E-state index in [2.05, 4.69) is 36.8 Å². The molecule has 1 aromatic rings. The summed E-state index contributed by atoms with van der Waals surface area (Å²) in [6.07, 6.45) is 5.00. The Hall–Kier alpha value is -0.490. The summed E-state index contributed by atoms with van der Waals surface area (Å²) in [5, 5.41) is 10.9. The Labute approximate surface area is 144 Å². The molecule has 3 rings (SSSR count). The summed E-state index contributed by atoms with van der Waals surface area (Å²) < 4.78 is 5.65. The van der Waals surface area contributed by atoms with Crippen molar-refractivity contribution < 1.29 is 4.74 Å². The minimum absolute atomic E-state index is 0.158. The lowest BCUT2D eigenvalue weighted by Gasteiger charge is -2.33. The summed E-state index contributed by atoms with van der Waals surface area (Å²) in [6, 6.07) is 1.17. The van der Waals surface area contributed by atoms with Gasteiger partial charge in [-0.25, -0.2) is 4.98 Å². The Bertz CT molecular complexity index is 491. The SMILES string of the molecule is CC(C)(C)c1csc(CCNC2CCCC2C2COCCN2)n1. The normalized spacial score (nSPS) is 29.1. The van der Waals surface area contributed by atoms with Crippen LogP contribution < -0.4 is 10.6 Å². The maximum absolute atomic E-state index is 5.65. The van der Waals surface area contributed by atoms with Gasteiger partial charge in [-0.2, -0.15) is 0 Å². The number of thiazole rings is 1. The number of morpholine rings is 1. The third kappa shape index (κ3) is 4.53. The van der Waals surface area contributed by atoms with Gasteiger partial charge in [0.25, 0.3) is 0 Å². The van der Waals surface area contributed by atoms with E-state index in [-0.39, 0.29) is 5.41 Å². The lowest BCUT2D eigenvalue weighted by atomic mass is 9.93. The predicted molar refractivity (Wildman–Crippen MR) is 96.3 cm³/mol. The Kier molecular flexibility index (Phi) is 5.73. The molecule has 4 nitrogen and oxygen atoms in total. The van der Waals surface area contributed by atoms with E-state index in [1.165, 1.54) is 30.0 Å². The van der Waals surface area contributed by atoms with Crippen molar-refractivity contribution in [1.82, 2.24) is 15.6 Å². The highest BCUT2D eigenvalue weighted by atomic mass is 32.1. The van der Waals surface area contributed by atoms with Gasteiger partial charge in [0.2, 0.25) is 0 Å². The number of nitrogens with zero attached hydrogens (tertiary/aromatic N) is 1. The van der Waals surface area contributed by atoms with E-state index < -0.39 is 0 Å². The molecule has 0 aromatic carbocycles. The lowest BCUT2D eigenvalue weighted by Crippen LogP contribution is -2.51. The molecule has 0 bridgehead atoms. The van der Waals surface area contributed by atoms with Crippen molar-refractivity contribution in [1.29, 1.82) is 0 Å². The van der Waals surface area contributed by atoms with Gasteiger partial charge in [-0.3, -0.25) is 0 Å². The predicted octanol–water partition coefficient (Wildman–Crippen LogP) is 2.73. The smallest absolute Gasteiger partial charge is 0.0941 e. The van der Waals surface area contributed by atoms with Gasteiger partial charge in [-0.15, -0.1) is 11.3 Å². The van der Waals surface area contributed by atoms with Gasteiger partial charge < -0.3 is 15.4 Å². The molecule has 5 heteroatoms. The Morgan fingerprint density at radius 3 is 2.96 bits per heavy atom. The topological polar surface area (TPSA) is 46.2 Å². The molecule has 2 fully saturated rings. The second-order valence-electron chi connectivity index (χ2n) is 7.92. The summed E-state index contributed by atoms with van der Waals surface area (Å²) in [6.45, 7) is 10.5. The minimum atomic E-state index is 0.158. The third-order valence-electron chi connectivity index (χ3n) is 5.10. The Morgan fingerprint density at radius 1 is 1.39 bits per heavy atom. The number of hydrogen-bond acceptors (Lipinski definition) is 5. The van der Waals surface area contributed by atoms with Crippen LogP contribution in [0, 0.1) is 5.92 Å². The molecule has 3 unspecified atom stereocenters. The van der Waals surface area contributed by atoms with Crippen LogP contribution in [0.1, 0.15) is 50.7 Å². The van der Waals surface area contributed by atoms with E-state index in [1.807, 2.05) is 0 Å². The number of hydrogen-bond donors (Lipinski definition) is 2. The van der Waals surface area contributed by atoms with Crippen LogP contribution in [-0.2, 0) is 16.6 Å². The van der Waals surface area contributed by atoms with Crippen LogP contribution in [0.2, 0.25) is 0 Å². The Balaban J connectivity index is 1.47. The quantitative estimate of drug-likeness (QED) is 0.867. The molecule has 1 aliphatic heterocycles. The second kappa shape index (κ2) is 7.60. The average Bonchev–Trinajstić information content (AvgIpc) is 3.17. The molecule has 1 saturated heterocycles. The molecular weight excluding hydrogens is 306 g/mol. The lowest BCUT2D eigenvalue weighted by molar-refractivity contribution is 0.0526. The first-order valence-electron chi connectivity index (χ1n) is 9.03. The summed E-state index contributed by atoms with van der Waals surface area (Å²) in [7, 11) is 0. The van der Waals surface area contributed by atoms with Crippen LogP contribution in [0.25, 0.3) is 0 Å². The maximum Gasteiger partial charge on any atom is 0.0941 e. The number of rotatable bonds is 5. The number of nitrogens with one attached hydrogen (secondary N) is 2. The van der Waals surface area contributed by atoms with Crippen molar-refractivity contribution >= 4 is 11.3 Å². The highest BCUT2D eigenvalue weighted by Crippen LogP contribution is 2.29. The zero-order valence-corrected chi connectivity index (χ0v) is 15.5. The van der Waals surface area contributed by atoms with E-state index in [1.54, 1.807) is 11.3 Å². The fraction of sp³-hybridized carbons (Fsp3) is 0.833. The van der Waals surface area contributed by atoms with Crippen molar-refractivity contribution in [2.24, 2.45) is 5.92 Å². The van der Waals surface area contributed by atoms with Crippen LogP contribution >= 0.6 is 11.3 Å². The van der Waals surface area contributed by atoms with E-state index in [0.29, 0.717) is 12.1 Å². The van der Waals surface area contributed by atoms with Crippen LogP contribution in [0.3, 0.4) is 0 Å². The monoisotopic (exact) mass is 337 g/mol. The van der Waals surface area contributed by atoms with Crippen LogP contribution in [0.4, 0.5) is 0 Å². The van der Waals surface area contributed by atoms with Gasteiger partial charge in [0.05, 0.1) is 23.9 Å². The van der Waals surface area contributed by atoms with Gasteiger partial charge in [-0.1, -0.05) is 27.2 Å². The largest absolute Gasteiger partial charge is 0.379 e. The van der Waals surface area contributed by atoms with E-state index in [0.717, 1.165) is 38.6 Å². The highest BCUT2D eigenvalue weighted by Gasteiger charge is 2.34. The molecule has 0 amide bonds. The van der Waals surface area contributed by atoms with Gasteiger partial charge in [0.15, 0.2) is 0 Å². The zero-order chi connectivity index (χ0) is 16.3. The van der Waals surface area contributed by atoms with Gasteiger partial charge in [-0.05, 0) is 18.8 Å². The second-order valence-corrected chi connectivity index (χ2v) is 8.86. The van der Waals surface area contributed by atoms with Crippen molar-refractivity contribution in [3.05, 3.63) is 16.1 Å². The van der Waals surface area contributed by atoms with Crippen LogP contribution in [0.5, 0.6) is 0 Å². The molecule has 1 saturated carbocycles. The molecule has 130 valence electrons. The van der Waals surface area contributed by atoms with Gasteiger partial charge in [0.1, 0.15) is 0 Å². The van der Waals surface area contributed by atoms with Gasteiger partial charge >= 0.3 is 0 Å². The number of ether oxygens (including phenoxy) is 1. The average molecular weight is 338 g/mol. The Morgan fingerprint density at radius 2 is 2.26 bits per heavy atom. The number of aromatic nitrogens is 1. The van der Waals surface area contributed by atoms with Crippen molar-refractivity contribution in [3.8, 4) is 0 Å². The summed E-state index contributed by atoms with van der Waals surface area (Å²) >= 11 is 1.80. The molecule has 23 heavy (non-hydrogen) atoms.